The Morgan fingerprint density at radius 1 is 0.909 bits per heavy atom. The predicted octanol–water partition coefficient (Wildman–Crippen LogP) is 5.21. The van der Waals surface area contributed by atoms with E-state index in [0.29, 0.717) is 11.6 Å². The molecule has 0 aliphatic rings. The van der Waals surface area contributed by atoms with Crippen LogP contribution in [0.4, 0.5) is 5.69 Å². The van der Waals surface area contributed by atoms with Gasteiger partial charge in [-0.25, -0.2) is 0 Å². The van der Waals surface area contributed by atoms with Crippen LogP contribution in [0.25, 0.3) is 5.69 Å². The first kappa shape index (κ1) is 22.6. The first-order valence-electron chi connectivity index (χ1n) is 10.7. The third-order valence-electron chi connectivity index (χ3n) is 5.18. The number of nitrogens with zero attached hydrogens (tertiary/aromatic N) is 3. The lowest BCUT2D eigenvalue weighted by Crippen LogP contribution is -2.14. The van der Waals surface area contributed by atoms with Crippen LogP contribution in [0.15, 0.2) is 78.0 Å². The minimum Gasteiger partial charge on any atom is -0.497 e. The summed E-state index contributed by atoms with van der Waals surface area (Å²) in [7, 11) is 1.65. The van der Waals surface area contributed by atoms with Gasteiger partial charge in [0.05, 0.1) is 12.9 Å². The van der Waals surface area contributed by atoms with Crippen molar-refractivity contribution in [3.05, 3.63) is 95.3 Å². The van der Waals surface area contributed by atoms with Crippen molar-refractivity contribution in [3.63, 3.8) is 0 Å². The molecule has 0 aliphatic heterocycles. The second-order valence-electron chi connectivity index (χ2n) is 7.80. The molecule has 1 amide bonds. The van der Waals surface area contributed by atoms with Gasteiger partial charge in [-0.15, -0.1) is 10.2 Å². The highest BCUT2D eigenvalue weighted by Gasteiger charge is 2.16. The minimum atomic E-state index is -0.0842. The van der Waals surface area contributed by atoms with Gasteiger partial charge in [0.15, 0.2) is 5.16 Å². The molecule has 0 fully saturated rings. The quantitative estimate of drug-likeness (QED) is 0.367. The molecule has 1 aromatic heterocycles. The molecule has 4 aromatic rings. The summed E-state index contributed by atoms with van der Waals surface area (Å²) in [6.07, 6.45) is 0.612. The number of hydrogen-bond donors (Lipinski definition) is 1. The molecular weight excluding hydrogens is 432 g/mol. The van der Waals surface area contributed by atoms with Crippen molar-refractivity contribution < 1.29 is 9.53 Å². The van der Waals surface area contributed by atoms with Gasteiger partial charge >= 0.3 is 0 Å². The summed E-state index contributed by atoms with van der Waals surface area (Å²) in [6, 6.07) is 23.9. The Bertz CT molecular complexity index is 1220. The smallest absolute Gasteiger partial charge is 0.234 e. The highest BCUT2D eigenvalue weighted by molar-refractivity contribution is 7.99. The molecule has 0 unspecified atom stereocenters. The minimum absolute atomic E-state index is 0.0842. The van der Waals surface area contributed by atoms with Crippen LogP contribution in [0.3, 0.4) is 0 Å². The zero-order valence-electron chi connectivity index (χ0n) is 18.9. The van der Waals surface area contributed by atoms with Crippen molar-refractivity contribution in [2.24, 2.45) is 0 Å². The second kappa shape index (κ2) is 10.4. The molecule has 168 valence electrons. The van der Waals surface area contributed by atoms with E-state index in [9.17, 15) is 4.79 Å². The average Bonchev–Trinajstić information content (AvgIpc) is 3.22. The van der Waals surface area contributed by atoms with E-state index >= 15 is 0 Å². The molecule has 0 saturated carbocycles. The Hall–Kier alpha value is -3.58. The number of carbonyl (C=O) groups excluding carboxylic acids is 1. The molecular formula is C26H26N4O2S. The van der Waals surface area contributed by atoms with Gasteiger partial charge in [0.25, 0.3) is 0 Å². The van der Waals surface area contributed by atoms with E-state index in [-0.39, 0.29) is 11.7 Å². The Morgan fingerprint density at radius 3 is 2.18 bits per heavy atom. The first-order chi connectivity index (χ1) is 16.0. The number of ether oxygens (including phenoxy) is 1. The molecule has 0 radical (unpaired) electrons. The fraction of sp³-hybridized carbons (Fsp3) is 0.192. The number of nitrogens with one attached hydrogen (secondary N) is 1. The number of anilines is 1. The van der Waals surface area contributed by atoms with Crippen LogP contribution >= 0.6 is 11.8 Å². The van der Waals surface area contributed by atoms with Gasteiger partial charge in [-0.1, -0.05) is 59.3 Å². The summed E-state index contributed by atoms with van der Waals surface area (Å²) in [5.74, 6) is 1.78. The Morgan fingerprint density at radius 2 is 1.55 bits per heavy atom. The van der Waals surface area contributed by atoms with Crippen LogP contribution in [0, 0.1) is 13.8 Å². The summed E-state index contributed by atoms with van der Waals surface area (Å²) in [5.41, 5.74) is 5.18. The number of methoxy groups -OCH3 is 1. The Balaban J connectivity index is 1.54. The summed E-state index contributed by atoms with van der Waals surface area (Å²) in [5, 5.41) is 12.5. The lowest BCUT2D eigenvalue weighted by Gasteiger charge is -2.11. The lowest BCUT2D eigenvalue weighted by atomic mass is 10.1. The Kier molecular flexibility index (Phi) is 7.10. The molecule has 1 N–H and O–H groups in total. The molecule has 3 aromatic carbocycles. The highest BCUT2D eigenvalue weighted by Crippen LogP contribution is 2.25. The third kappa shape index (κ3) is 5.81. The van der Waals surface area contributed by atoms with Gasteiger partial charge in [0.1, 0.15) is 11.6 Å². The SMILES string of the molecule is COc1ccc(Cc2nnc(SCC(=O)Nc3ccc(C)cc3)n2-c2ccc(C)cc2)cc1. The molecule has 0 aliphatic carbocycles. The zero-order chi connectivity index (χ0) is 23.2. The second-order valence-corrected chi connectivity index (χ2v) is 8.74. The van der Waals surface area contributed by atoms with Crippen LogP contribution in [-0.2, 0) is 11.2 Å². The topological polar surface area (TPSA) is 69.0 Å². The van der Waals surface area contributed by atoms with Crippen molar-refractivity contribution in [3.8, 4) is 11.4 Å². The monoisotopic (exact) mass is 458 g/mol. The van der Waals surface area contributed by atoms with E-state index in [1.807, 2.05) is 72.2 Å². The molecule has 33 heavy (non-hydrogen) atoms. The van der Waals surface area contributed by atoms with Gasteiger partial charge in [-0.05, 0) is 55.8 Å². The largest absolute Gasteiger partial charge is 0.497 e. The van der Waals surface area contributed by atoms with E-state index in [1.54, 1.807) is 7.11 Å². The summed E-state index contributed by atoms with van der Waals surface area (Å²) < 4.78 is 7.28. The van der Waals surface area contributed by atoms with E-state index in [0.717, 1.165) is 34.1 Å². The zero-order valence-corrected chi connectivity index (χ0v) is 19.7. The maximum Gasteiger partial charge on any atom is 0.234 e. The highest BCUT2D eigenvalue weighted by atomic mass is 32.2. The van der Waals surface area contributed by atoms with Crippen LogP contribution in [0.1, 0.15) is 22.5 Å². The maximum absolute atomic E-state index is 12.5. The number of carbonyl (C=O) groups is 1. The van der Waals surface area contributed by atoms with Gasteiger partial charge in [-0.2, -0.15) is 0 Å². The molecule has 1 heterocycles. The standard InChI is InChI=1S/C26H26N4O2S/c1-18-4-10-21(11-5-18)27-25(31)17-33-26-29-28-24(16-20-8-14-23(32-3)15-9-20)30(26)22-12-6-19(2)7-13-22/h4-15H,16-17H2,1-3H3,(H,27,31). The Labute approximate surface area is 198 Å². The van der Waals surface area contributed by atoms with Crippen molar-refractivity contribution in [2.45, 2.75) is 25.4 Å². The van der Waals surface area contributed by atoms with Gasteiger partial charge in [0.2, 0.25) is 5.91 Å². The van der Waals surface area contributed by atoms with Gasteiger partial charge in [-0.3, -0.25) is 9.36 Å². The van der Waals surface area contributed by atoms with E-state index in [2.05, 4.69) is 34.6 Å². The maximum atomic E-state index is 12.5. The normalized spacial score (nSPS) is 10.8. The van der Waals surface area contributed by atoms with Crippen LogP contribution in [0.2, 0.25) is 0 Å². The fourth-order valence-electron chi connectivity index (χ4n) is 3.35. The van der Waals surface area contributed by atoms with Crippen LogP contribution in [0.5, 0.6) is 5.75 Å². The molecule has 0 saturated heterocycles. The molecule has 0 atom stereocenters. The van der Waals surface area contributed by atoms with E-state index < -0.39 is 0 Å². The summed E-state index contributed by atoms with van der Waals surface area (Å²) in [4.78, 5) is 12.5. The number of amides is 1. The number of thioether (sulfide) groups is 1. The van der Waals surface area contributed by atoms with Crippen molar-refractivity contribution in [2.75, 3.05) is 18.2 Å². The first-order valence-corrected chi connectivity index (χ1v) is 11.6. The van der Waals surface area contributed by atoms with Crippen molar-refractivity contribution in [1.82, 2.24) is 14.8 Å². The number of benzene rings is 3. The van der Waals surface area contributed by atoms with Crippen LogP contribution < -0.4 is 10.1 Å². The summed E-state index contributed by atoms with van der Waals surface area (Å²) >= 11 is 1.37. The number of hydrogen-bond acceptors (Lipinski definition) is 5. The lowest BCUT2D eigenvalue weighted by molar-refractivity contribution is -0.113. The number of aryl methyl sites for hydroxylation is 2. The predicted molar refractivity (Wildman–Crippen MR) is 132 cm³/mol. The third-order valence-corrected chi connectivity index (χ3v) is 6.11. The van der Waals surface area contributed by atoms with Crippen LogP contribution in [-0.4, -0.2) is 33.5 Å². The molecule has 0 spiro atoms. The molecule has 4 rings (SSSR count). The number of rotatable bonds is 8. The van der Waals surface area contributed by atoms with Gasteiger partial charge < -0.3 is 10.1 Å². The van der Waals surface area contributed by atoms with Crippen molar-refractivity contribution >= 4 is 23.4 Å². The molecule has 0 bridgehead atoms. The number of aromatic nitrogens is 3. The van der Waals surface area contributed by atoms with Gasteiger partial charge in [0, 0.05) is 17.8 Å². The molecule has 7 heteroatoms. The summed E-state index contributed by atoms with van der Waals surface area (Å²) in [6.45, 7) is 4.07. The van der Waals surface area contributed by atoms with Crippen molar-refractivity contribution in [1.29, 1.82) is 0 Å². The van der Waals surface area contributed by atoms with E-state index in [4.69, 9.17) is 4.74 Å². The average molecular weight is 459 g/mol. The molecule has 6 nitrogen and oxygen atoms in total. The fourth-order valence-corrected chi connectivity index (χ4v) is 4.12. The van der Waals surface area contributed by atoms with E-state index in [1.165, 1.54) is 17.3 Å².